The third kappa shape index (κ3) is 4.52. The summed E-state index contributed by atoms with van der Waals surface area (Å²) in [5.41, 5.74) is 0.901. The molecule has 1 fully saturated rings. The maximum Gasteiger partial charge on any atom is 0.331 e. The van der Waals surface area contributed by atoms with Crippen LogP contribution in [0, 0.1) is 0 Å². The second-order valence-electron chi connectivity index (χ2n) is 9.46. The predicted octanol–water partition coefficient (Wildman–Crippen LogP) is 6.20. The van der Waals surface area contributed by atoms with E-state index >= 15 is 0 Å². The minimum absolute atomic E-state index is 0.192. The molecule has 37 heavy (non-hydrogen) atoms. The normalized spacial score (nSPS) is 16.4. The van der Waals surface area contributed by atoms with Gasteiger partial charge in [-0.1, -0.05) is 37.5 Å². The Balaban J connectivity index is 1.27. The van der Waals surface area contributed by atoms with Crippen molar-refractivity contribution >= 4 is 50.6 Å². The molecule has 0 radical (unpaired) electrons. The molecular formula is C28H26N4O4S. The lowest BCUT2D eigenvalue weighted by Gasteiger charge is -2.32. The minimum Gasteiger partial charge on any atom is -0.457 e. The first-order valence-corrected chi connectivity index (χ1v) is 13.2. The molecule has 6 rings (SSSR count). The van der Waals surface area contributed by atoms with Gasteiger partial charge >= 0.3 is 6.03 Å². The van der Waals surface area contributed by atoms with Gasteiger partial charge in [0.15, 0.2) is 0 Å². The Morgan fingerprint density at radius 1 is 1.05 bits per heavy atom. The summed E-state index contributed by atoms with van der Waals surface area (Å²) >= 11 is 1.23. The quantitative estimate of drug-likeness (QED) is 0.284. The fourth-order valence-corrected chi connectivity index (χ4v) is 6.04. The van der Waals surface area contributed by atoms with Crippen molar-refractivity contribution in [3.05, 3.63) is 71.7 Å². The van der Waals surface area contributed by atoms with Crippen LogP contribution in [0.3, 0.4) is 0 Å². The van der Waals surface area contributed by atoms with Crippen molar-refractivity contribution in [3.8, 4) is 11.5 Å². The van der Waals surface area contributed by atoms with Crippen LogP contribution in [-0.4, -0.2) is 34.2 Å². The zero-order valence-electron chi connectivity index (χ0n) is 20.1. The molecular weight excluding hydrogens is 488 g/mol. The summed E-state index contributed by atoms with van der Waals surface area (Å²) in [6, 6.07) is 18.2. The molecule has 1 aliphatic carbocycles. The standard InChI is InChI=1S/C28H26N4O4S/c33-25(30-17-28(35)14-5-2-6-15-28)24-23-22-21(13-16-29-26(22)37-24)32(27(34)31-23)18-9-11-20(12-10-18)36-19-7-3-1-4-8-19/h1,3-4,7-13,16,35H,2,5-6,14-15,17H2,(H,30,33)(H,31,34). The van der Waals surface area contributed by atoms with Crippen LogP contribution in [0.2, 0.25) is 0 Å². The molecule has 0 saturated heterocycles. The van der Waals surface area contributed by atoms with Gasteiger partial charge in [-0.15, -0.1) is 11.3 Å². The first-order chi connectivity index (χ1) is 18.0. The molecule has 2 aromatic heterocycles. The molecule has 8 nitrogen and oxygen atoms in total. The lowest BCUT2D eigenvalue weighted by atomic mass is 9.85. The number of rotatable bonds is 6. The van der Waals surface area contributed by atoms with Gasteiger partial charge in [0.1, 0.15) is 21.2 Å². The highest BCUT2D eigenvalue weighted by atomic mass is 32.1. The lowest BCUT2D eigenvalue weighted by Crippen LogP contribution is -2.44. The number of hydrogen-bond donors (Lipinski definition) is 3. The monoisotopic (exact) mass is 514 g/mol. The summed E-state index contributed by atoms with van der Waals surface area (Å²) in [5, 5.41) is 17.3. The van der Waals surface area contributed by atoms with Crippen molar-refractivity contribution in [1.29, 1.82) is 0 Å². The van der Waals surface area contributed by atoms with Crippen LogP contribution < -0.4 is 20.3 Å². The number of nitrogens with one attached hydrogen (secondary N) is 2. The van der Waals surface area contributed by atoms with Crippen LogP contribution in [0.4, 0.5) is 21.9 Å². The average molecular weight is 515 g/mol. The predicted molar refractivity (Wildman–Crippen MR) is 144 cm³/mol. The van der Waals surface area contributed by atoms with E-state index in [0.29, 0.717) is 45.4 Å². The number of carbonyl (C=O) groups excluding carboxylic acids is 2. The van der Waals surface area contributed by atoms with Crippen LogP contribution >= 0.6 is 11.3 Å². The van der Waals surface area contributed by atoms with E-state index in [9.17, 15) is 14.7 Å². The molecule has 3 N–H and O–H groups in total. The number of nitrogens with zero attached hydrogens (tertiary/aromatic N) is 2. The van der Waals surface area contributed by atoms with Crippen molar-refractivity contribution in [2.24, 2.45) is 0 Å². The van der Waals surface area contributed by atoms with E-state index < -0.39 is 5.60 Å². The van der Waals surface area contributed by atoms with Crippen LogP contribution in [0.5, 0.6) is 11.5 Å². The number of aromatic nitrogens is 1. The molecule has 2 aromatic carbocycles. The topological polar surface area (TPSA) is 104 Å². The van der Waals surface area contributed by atoms with Gasteiger partial charge in [0.05, 0.1) is 28.0 Å². The molecule has 9 heteroatoms. The number of anilines is 3. The number of pyridine rings is 1. The Bertz CT molecular complexity index is 1460. The summed E-state index contributed by atoms with van der Waals surface area (Å²) < 4.78 is 5.88. The van der Waals surface area contributed by atoms with E-state index in [-0.39, 0.29) is 18.5 Å². The average Bonchev–Trinajstić information content (AvgIpc) is 3.29. The molecule has 1 saturated carbocycles. The van der Waals surface area contributed by atoms with Crippen molar-refractivity contribution in [1.82, 2.24) is 10.3 Å². The zero-order chi connectivity index (χ0) is 25.4. The van der Waals surface area contributed by atoms with Gasteiger partial charge in [-0.05, 0) is 55.3 Å². The van der Waals surface area contributed by atoms with Gasteiger partial charge in [-0.25, -0.2) is 9.78 Å². The highest BCUT2D eigenvalue weighted by Gasteiger charge is 2.34. The molecule has 1 aliphatic heterocycles. The number of ether oxygens (including phenoxy) is 1. The third-order valence-electron chi connectivity index (χ3n) is 6.89. The molecule has 0 spiro atoms. The number of aliphatic hydroxyl groups is 1. The maximum atomic E-state index is 13.3. The molecule has 3 amide bonds. The number of thiophene rings is 1. The fraction of sp³-hybridized carbons (Fsp3) is 0.250. The van der Waals surface area contributed by atoms with E-state index in [2.05, 4.69) is 15.6 Å². The fourth-order valence-electron chi connectivity index (χ4n) is 5.00. The van der Waals surface area contributed by atoms with E-state index in [1.165, 1.54) is 11.3 Å². The van der Waals surface area contributed by atoms with Gasteiger partial charge in [0.2, 0.25) is 0 Å². The second-order valence-corrected chi connectivity index (χ2v) is 10.5. The molecule has 0 unspecified atom stereocenters. The minimum atomic E-state index is -0.873. The lowest BCUT2D eigenvalue weighted by molar-refractivity contribution is 0.00530. The van der Waals surface area contributed by atoms with Gasteiger partial charge in [0, 0.05) is 12.7 Å². The summed E-state index contributed by atoms with van der Waals surface area (Å²) in [4.78, 5) is 33.5. The van der Waals surface area contributed by atoms with Gasteiger partial charge in [-0.3, -0.25) is 9.69 Å². The molecule has 188 valence electrons. The number of para-hydroxylation sites is 1. The number of carbonyl (C=O) groups is 2. The molecule has 3 heterocycles. The smallest absolute Gasteiger partial charge is 0.331 e. The number of amides is 3. The van der Waals surface area contributed by atoms with Crippen molar-refractivity contribution in [2.45, 2.75) is 37.7 Å². The van der Waals surface area contributed by atoms with Crippen LogP contribution in [-0.2, 0) is 0 Å². The SMILES string of the molecule is O=C(NCC1(O)CCCCC1)c1sc2nccc3c2c1NC(=O)N3c1ccc(Oc2ccccc2)cc1. The van der Waals surface area contributed by atoms with E-state index in [1.54, 1.807) is 17.2 Å². The van der Waals surface area contributed by atoms with E-state index in [0.717, 1.165) is 30.4 Å². The Hall–Kier alpha value is -3.95. The van der Waals surface area contributed by atoms with Crippen LogP contribution in [0.1, 0.15) is 41.8 Å². The summed E-state index contributed by atoms with van der Waals surface area (Å²) in [6.45, 7) is 0.192. The number of hydrogen-bond acceptors (Lipinski definition) is 6. The maximum absolute atomic E-state index is 13.3. The first-order valence-electron chi connectivity index (χ1n) is 12.4. The van der Waals surface area contributed by atoms with Crippen molar-refractivity contribution in [3.63, 3.8) is 0 Å². The Morgan fingerprint density at radius 3 is 2.54 bits per heavy atom. The second kappa shape index (κ2) is 9.49. The van der Waals surface area contributed by atoms with Gasteiger partial charge < -0.3 is 20.5 Å². The molecule has 0 bridgehead atoms. The van der Waals surface area contributed by atoms with Gasteiger partial charge in [0.25, 0.3) is 5.91 Å². The summed E-state index contributed by atoms with van der Waals surface area (Å²) in [6.07, 6.45) is 6.02. The van der Waals surface area contributed by atoms with E-state index in [1.807, 2.05) is 54.6 Å². The summed E-state index contributed by atoms with van der Waals surface area (Å²) in [5.74, 6) is 1.06. The molecule has 0 atom stereocenters. The summed E-state index contributed by atoms with van der Waals surface area (Å²) in [7, 11) is 0. The highest BCUT2D eigenvalue weighted by Crippen LogP contribution is 2.46. The Kier molecular flexibility index (Phi) is 6.02. The zero-order valence-corrected chi connectivity index (χ0v) is 20.9. The van der Waals surface area contributed by atoms with E-state index in [4.69, 9.17) is 4.74 Å². The van der Waals surface area contributed by atoms with Gasteiger partial charge in [-0.2, -0.15) is 0 Å². The van der Waals surface area contributed by atoms with Crippen LogP contribution in [0.25, 0.3) is 10.2 Å². The van der Waals surface area contributed by atoms with Crippen molar-refractivity contribution < 1.29 is 19.4 Å². The van der Waals surface area contributed by atoms with Crippen LogP contribution in [0.15, 0.2) is 66.9 Å². The number of benzene rings is 2. The largest absolute Gasteiger partial charge is 0.457 e. The molecule has 2 aliphatic rings. The van der Waals surface area contributed by atoms with Crippen molar-refractivity contribution in [2.75, 3.05) is 16.8 Å². The third-order valence-corrected chi connectivity index (χ3v) is 7.98. The highest BCUT2D eigenvalue weighted by molar-refractivity contribution is 7.21. The number of urea groups is 1. The Labute approximate surface area is 217 Å². The molecule has 4 aromatic rings. The first kappa shape index (κ1) is 23.4. The Morgan fingerprint density at radius 2 is 1.78 bits per heavy atom.